The maximum Gasteiger partial charge on any atom is 0.387 e. The van der Waals surface area contributed by atoms with Crippen molar-refractivity contribution in [1.29, 1.82) is 0 Å². The van der Waals surface area contributed by atoms with Crippen LogP contribution in [-0.4, -0.2) is 37.6 Å². The molecule has 0 saturated carbocycles. The fraction of sp³-hybridized carbons (Fsp3) is 0.500. The lowest BCUT2D eigenvalue weighted by atomic mass is 9.93. The fourth-order valence-electron chi connectivity index (χ4n) is 1.85. The van der Waals surface area contributed by atoms with E-state index in [0.717, 1.165) is 0 Å². The van der Waals surface area contributed by atoms with Gasteiger partial charge in [-0.25, -0.2) is 0 Å². The van der Waals surface area contributed by atoms with Crippen LogP contribution in [0.25, 0.3) is 0 Å². The third-order valence-electron chi connectivity index (χ3n) is 2.95. The molecule has 1 aromatic rings. The summed E-state index contributed by atoms with van der Waals surface area (Å²) in [7, 11) is 1.58. The van der Waals surface area contributed by atoms with Crippen molar-refractivity contribution in [2.24, 2.45) is 11.1 Å². The number of hydrogen-bond acceptors (Lipinski definition) is 3. The first-order chi connectivity index (χ1) is 9.66. The Morgan fingerprint density at radius 3 is 2.55 bits per heavy atom. The van der Waals surface area contributed by atoms with Gasteiger partial charge in [-0.1, -0.05) is 25.4 Å². The lowest BCUT2D eigenvalue weighted by molar-refractivity contribution is -0.0502. The van der Waals surface area contributed by atoms with Gasteiger partial charge in [0, 0.05) is 18.6 Å². The van der Waals surface area contributed by atoms with E-state index in [1.54, 1.807) is 7.05 Å². The Balaban J connectivity index is 0.00000441. The van der Waals surface area contributed by atoms with Gasteiger partial charge in [0.25, 0.3) is 5.91 Å². The molecule has 2 N–H and O–H groups in total. The van der Waals surface area contributed by atoms with Gasteiger partial charge in [-0.3, -0.25) is 4.79 Å². The van der Waals surface area contributed by atoms with Crippen LogP contribution < -0.4 is 10.5 Å². The van der Waals surface area contributed by atoms with E-state index < -0.39 is 12.5 Å². The quantitative estimate of drug-likeness (QED) is 0.849. The first kappa shape index (κ1) is 20.9. The van der Waals surface area contributed by atoms with Crippen LogP contribution in [-0.2, 0) is 0 Å². The zero-order valence-corrected chi connectivity index (χ0v) is 14.2. The summed E-state index contributed by atoms with van der Waals surface area (Å²) in [5.41, 5.74) is 5.34. The Morgan fingerprint density at radius 2 is 2.05 bits per heavy atom. The van der Waals surface area contributed by atoms with Crippen molar-refractivity contribution in [2.45, 2.75) is 20.5 Å². The average molecular weight is 357 g/mol. The number of benzene rings is 1. The lowest BCUT2D eigenvalue weighted by Crippen LogP contribution is -2.39. The summed E-state index contributed by atoms with van der Waals surface area (Å²) in [4.78, 5) is 13.8. The molecule has 0 spiro atoms. The Labute approximate surface area is 140 Å². The molecule has 0 aliphatic heterocycles. The molecule has 0 fully saturated rings. The van der Waals surface area contributed by atoms with Gasteiger partial charge >= 0.3 is 6.61 Å². The second kappa shape index (κ2) is 8.50. The number of carbonyl (C=O) groups excluding carboxylic acids is 1. The molecule has 0 aliphatic rings. The molecule has 0 radical (unpaired) electrons. The van der Waals surface area contributed by atoms with Crippen molar-refractivity contribution in [3.05, 3.63) is 28.8 Å². The highest BCUT2D eigenvalue weighted by Gasteiger charge is 2.24. The van der Waals surface area contributed by atoms with Gasteiger partial charge in [0.15, 0.2) is 0 Å². The zero-order chi connectivity index (χ0) is 16.2. The summed E-state index contributed by atoms with van der Waals surface area (Å²) >= 11 is 5.83. The van der Waals surface area contributed by atoms with Crippen LogP contribution in [0.1, 0.15) is 24.2 Å². The van der Waals surface area contributed by atoms with Crippen LogP contribution in [0.2, 0.25) is 5.02 Å². The van der Waals surface area contributed by atoms with Gasteiger partial charge in [0.05, 0.1) is 5.56 Å². The predicted octanol–water partition coefficient (Wildman–Crippen LogP) is 3.42. The number of amides is 1. The molecule has 0 heterocycles. The van der Waals surface area contributed by atoms with Crippen molar-refractivity contribution >= 4 is 29.9 Å². The monoisotopic (exact) mass is 356 g/mol. The highest BCUT2D eigenvalue weighted by molar-refractivity contribution is 6.31. The molecule has 4 nitrogen and oxygen atoms in total. The fourth-order valence-corrected chi connectivity index (χ4v) is 2.02. The molecule has 0 unspecified atom stereocenters. The summed E-state index contributed by atoms with van der Waals surface area (Å²) in [6.45, 7) is 1.57. The van der Waals surface area contributed by atoms with Gasteiger partial charge in [-0.2, -0.15) is 8.78 Å². The lowest BCUT2D eigenvalue weighted by Gasteiger charge is -2.29. The van der Waals surface area contributed by atoms with E-state index in [9.17, 15) is 13.6 Å². The molecular weight excluding hydrogens is 337 g/mol. The van der Waals surface area contributed by atoms with Crippen LogP contribution in [0, 0.1) is 5.41 Å². The number of nitrogens with two attached hydrogens (primary N) is 1. The van der Waals surface area contributed by atoms with Crippen LogP contribution >= 0.6 is 24.0 Å². The first-order valence-electron chi connectivity index (χ1n) is 6.36. The van der Waals surface area contributed by atoms with E-state index in [2.05, 4.69) is 4.74 Å². The average Bonchev–Trinajstić information content (AvgIpc) is 2.39. The van der Waals surface area contributed by atoms with Crippen molar-refractivity contribution in [2.75, 3.05) is 20.1 Å². The molecule has 22 heavy (non-hydrogen) atoms. The Kier molecular flexibility index (Phi) is 8.07. The van der Waals surface area contributed by atoms with Gasteiger partial charge in [-0.15, -0.1) is 12.4 Å². The molecule has 0 aliphatic carbocycles. The van der Waals surface area contributed by atoms with E-state index in [1.165, 1.54) is 23.1 Å². The molecule has 0 bridgehead atoms. The molecule has 126 valence electrons. The maximum absolute atomic E-state index is 12.4. The van der Waals surface area contributed by atoms with Gasteiger partial charge in [0.1, 0.15) is 5.75 Å². The second-order valence-electron chi connectivity index (χ2n) is 5.55. The number of nitrogens with zero attached hydrogens (tertiary/aromatic N) is 1. The SMILES string of the molecule is CN(CC(C)(C)CN)C(=O)c1cc(Cl)ccc1OC(F)F.Cl. The van der Waals surface area contributed by atoms with Crippen molar-refractivity contribution < 1.29 is 18.3 Å². The Hall–Kier alpha value is -1.11. The van der Waals surface area contributed by atoms with Crippen LogP contribution in [0.3, 0.4) is 0 Å². The largest absolute Gasteiger partial charge is 0.434 e. The molecule has 1 rings (SSSR count). The van der Waals surface area contributed by atoms with Crippen LogP contribution in [0.15, 0.2) is 18.2 Å². The van der Waals surface area contributed by atoms with E-state index in [0.29, 0.717) is 13.1 Å². The predicted molar refractivity (Wildman–Crippen MR) is 85.1 cm³/mol. The number of rotatable bonds is 6. The summed E-state index contributed by atoms with van der Waals surface area (Å²) in [5.74, 6) is -0.647. The smallest absolute Gasteiger partial charge is 0.387 e. The third kappa shape index (κ3) is 5.94. The summed E-state index contributed by atoms with van der Waals surface area (Å²) in [5, 5.41) is 0.270. The maximum atomic E-state index is 12.4. The second-order valence-corrected chi connectivity index (χ2v) is 5.98. The normalized spacial score (nSPS) is 11.1. The third-order valence-corrected chi connectivity index (χ3v) is 3.19. The van der Waals surface area contributed by atoms with Gasteiger partial charge < -0.3 is 15.4 Å². The van der Waals surface area contributed by atoms with Crippen molar-refractivity contribution in [3.8, 4) is 5.75 Å². The van der Waals surface area contributed by atoms with Crippen molar-refractivity contribution in [3.63, 3.8) is 0 Å². The van der Waals surface area contributed by atoms with Gasteiger partial charge in [0.2, 0.25) is 0 Å². The number of alkyl halides is 2. The number of halogens is 4. The standard InChI is InChI=1S/C14H19ClF2N2O2.ClH/c1-14(2,7-18)8-19(3)12(20)10-6-9(15)4-5-11(10)21-13(16)17;/h4-6,13H,7-8,18H2,1-3H3;1H. The zero-order valence-electron chi connectivity index (χ0n) is 12.6. The molecular formula is C14H20Cl2F2N2O2. The van der Waals surface area contributed by atoms with Crippen LogP contribution in [0.5, 0.6) is 5.75 Å². The van der Waals surface area contributed by atoms with E-state index >= 15 is 0 Å². The highest BCUT2D eigenvalue weighted by Crippen LogP contribution is 2.26. The number of ether oxygens (including phenoxy) is 1. The minimum Gasteiger partial charge on any atom is -0.434 e. The Morgan fingerprint density at radius 1 is 1.45 bits per heavy atom. The van der Waals surface area contributed by atoms with Gasteiger partial charge in [-0.05, 0) is 30.2 Å². The molecule has 8 heteroatoms. The first-order valence-corrected chi connectivity index (χ1v) is 6.74. The van der Waals surface area contributed by atoms with E-state index in [-0.39, 0.29) is 34.2 Å². The minimum atomic E-state index is -3.01. The summed E-state index contributed by atoms with van der Waals surface area (Å²) in [6, 6.07) is 3.96. The highest BCUT2D eigenvalue weighted by atomic mass is 35.5. The number of carbonyl (C=O) groups is 1. The van der Waals surface area contributed by atoms with Crippen LogP contribution in [0.4, 0.5) is 8.78 Å². The molecule has 0 saturated heterocycles. The summed E-state index contributed by atoms with van der Waals surface area (Å²) < 4.78 is 29.2. The molecule has 0 aromatic heterocycles. The summed E-state index contributed by atoms with van der Waals surface area (Å²) in [6.07, 6.45) is 0. The topological polar surface area (TPSA) is 55.6 Å². The molecule has 0 atom stereocenters. The molecule has 1 aromatic carbocycles. The minimum absolute atomic E-state index is 0. The number of hydrogen-bond donors (Lipinski definition) is 1. The Bertz CT molecular complexity index is 514. The molecule has 1 amide bonds. The van der Waals surface area contributed by atoms with E-state index in [4.69, 9.17) is 17.3 Å². The van der Waals surface area contributed by atoms with Crippen molar-refractivity contribution in [1.82, 2.24) is 4.90 Å². The van der Waals surface area contributed by atoms with E-state index in [1.807, 2.05) is 13.8 Å².